The molecule has 3 saturated heterocycles. The molecule has 0 aliphatic carbocycles. The maximum atomic E-state index is 12.8. The third-order valence-electron chi connectivity index (χ3n) is 6.75. The van der Waals surface area contributed by atoms with Crippen molar-refractivity contribution in [3.05, 3.63) is 11.6 Å². The highest BCUT2D eigenvalue weighted by atomic mass is 16.2. The molecule has 1 unspecified atom stereocenters. The molecule has 0 N–H and O–H groups in total. The fourth-order valence-electron chi connectivity index (χ4n) is 5.03. The molecule has 3 fully saturated rings. The number of hydrogen-bond donors (Lipinski definition) is 0. The first-order chi connectivity index (χ1) is 13.7. The Morgan fingerprint density at radius 3 is 2.32 bits per heavy atom. The third-order valence-corrected chi connectivity index (χ3v) is 6.75. The van der Waals surface area contributed by atoms with Crippen LogP contribution in [0.25, 0.3) is 0 Å². The Labute approximate surface area is 169 Å². The topological polar surface area (TPSA) is 57.5 Å². The van der Waals surface area contributed by atoms with E-state index in [1.54, 1.807) is 0 Å². The van der Waals surface area contributed by atoms with Crippen molar-refractivity contribution in [2.45, 2.75) is 63.8 Å². The van der Waals surface area contributed by atoms with Crippen molar-refractivity contribution in [1.82, 2.24) is 29.5 Å². The fraction of sp³-hybridized carbons (Fsp3) is 0.857. The first kappa shape index (κ1) is 19.8. The predicted molar refractivity (Wildman–Crippen MR) is 109 cm³/mol. The Balaban J connectivity index is 1.34. The first-order valence-corrected chi connectivity index (χ1v) is 11.3. The lowest BCUT2D eigenvalue weighted by molar-refractivity contribution is -0.132. The average molecular weight is 389 g/mol. The maximum Gasteiger partial charge on any atom is 0.236 e. The van der Waals surface area contributed by atoms with Crippen molar-refractivity contribution in [3.63, 3.8) is 0 Å². The zero-order valence-electron chi connectivity index (χ0n) is 17.5. The van der Waals surface area contributed by atoms with E-state index in [9.17, 15) is 4.79 Å². The Hall–Kier alpha value is -1.47. The SMILES string of the molecule is Cn1c(CN2CCCC2)nnc1C1CCCN(CC(=O)N2CCCCCC2)C1. The zero-order valence-corrected chi connectivity index (χ0v) is 17.5. The van der Waals surface area contributed by atoms with Crippen LogP contribution in [0.5, 0.6) is 0 Å². The van der Waals surface area contributed by atoms with Crippen LogP contribution in [0.1, 0.15) is 68.9 Å². The summed E-state index contributed by atoms with van der Waals surface area (Å²) >= 11 is 0. The second-order valence-corrected chi connectivity index (χ2v) is 8.89. The highest BCUT2D eigenvalue weighted by Crippen LogP contribution is 2.26. The van der Waals surface area contributed by atoms with Gasteiger partial charge in [0.15, 0.2) is 0 Å². The minimum atomic E-state index is 0.315. The van der Waals surface area contributed by atoms with Gasteiger partial charge in [-0.25, -0.2) is 0 Å². The number of carbonyl (C=O) groups is 1. The van der Waals surface area contributed by atoms with Crippen LogP contribution in [-0.4, -0.2) is 81.2 Å². The number of aromatic nitrogens is 3. The van der Waals surface area contributed by atoms with E-state index in [2.05, 4.69) is 36.5 Å². The molecular formula is C21H36N6O. The van der Waals surface area contributed by atoms with Gasteiger partial charge in [0.25, 0.3) is 0 Å². The van der Waals surface area contributed by atoms with E-state index < -0.39 is 0 Å². The van der Waals surface area contributed by atoms with E-state index in [0.29, 0.717) is 18.4 Å². The summed E-state index contributed by atoms with van der Waals surface area (Å²) < 4.78 is 2.21. The average Bonchev–Trinajstić information content (AvgIpc) is 3.24. The summed E-state index contributed by atoms with van der Waals surface area (Å²) in [7, 11) is 2.11. The second kappa shape index (κ2) is 9.35. The lowest BCUT2D eigenvalue weighted by Gasteiger charge is -2.33. The van der Waals surface area contributed by atoms with Gasteiger partial charge in [-0.3, -0.25) is 14.6 Å². The van der Waals surface area contributed by atoms with Crippen LogP contribution >= 0.6 is 0 Å². The molecular weight excluding hydrogens is 352 g/mol. The number of carbonyl (C=O) groups excluding carboxylic acids is 1. The summed E-state index contributed by atoms with van der Waals surface area (Å²) in [6, 6.07) is 0. The summed E-state index contributed by atoms with van der Waals surface area (Å²) in [5.74, 6) is 2.88. The third kappa shape index (κ3) is 4.74. The van der Waals surface area contributed by atoms with Gasteiger partial charge in [0.2, 0.25) is 5.91 Å². The van der Waals surface area contributed by atoms with Crippen LogP contribution in [0.15, 0.2) is 0 Å². The molecule has 7 heteroatoms. The molecule has 1 aromatic rings. The molecule has 0 saturated carbocycles. The van der Waals surface area contributed by atoms with Crippen LogP contribution < -0.4 is 0 Å². The molecule has 4 rings (SSSR count). The largest absolute Gasteiger partial charge is 0.342 e. The van der Waals surface area contributed by atoms with Crippen molar-refractivity contribution >= 4 is 5.91 Å². The molecule has 3 aliphatic rings. The molecule has 4 heterocycles. The maximum absolute atomic E-state index is 12.8. The van der Waals surface area contributed by atoms with Crippen LogP contribution in [-0.2, 0) is 18.4 Å². The quantitative estimate of drug-likeness (QED) is 0.772. The van der Waals surface area contributed by atoms with E-state index in [4.69, 9.17) is 0 Å². The predicted octanol–water partition coefficient (Wildman–Crippen LogP) is 1.99. The summed E-state index contributed by atoms with van der Waals surface area (Å²) in [5, 5.41) is 9.06. The Morgan fingerprint density at radius 1 is 0.893 bits per heavy atom. The number of nitrogens with zero attached hydrogens (tertiary/aromatic N) is 6. The highest BCUT2D eigenvalue weighted by molar-refractivity contribution is 5.78. The van der Waals surface area contributed by atoms with Crippen LogP contribution in [0, 0.1) is 0 Å². The second-order valence-electron chi connectivity index (χ2n) is 8.89. The Bertz CT molecular complexity index is 645. The standard InChI is InChI=1S/C21H36N6O/c1-24-19(16-25-10-6-7-11-25)22-23-21(24)18-9-8-12-26(15-18)17-20(28)27-13-4-2-3-5-14-27/h18H,2-17H2,1H3. The van der Waals surface area contributed by atoms with Crippen molar-refractivity contribution in [2.24, 2.45) is 7.05 Å². The van der Waals surface area contributed by atoms with E-state index in [1.807, 2.05) is 0 Å². The van der Waals surface area contributed by atoms with Gasteiger partial charge in [-0.2, -0.15) is 0 Å². The van der Waals surface area contributed by atoms with Gasteiger partial charge < -0.3 is 9.47 Å². The molecule has 3 aliphatic heterocycles. The molecule has 0 radical (unpaired) electrons. The van der Waals surface area contributed by atoms with E-state index in [-0.39, 0.29) is 0 Å². The molecule has 1 amide bonds. The summed E-state index contributed by atoms with van der Waals surface area (Å²) in [5.41, 5.74) is 0. The number of hydrogen-bond acceptors (Lipinski definition) is 5. The summed E-state index contributed by atoms with van der Waals surface area (Å²) in [6.45, 7) is 7.67. The molecule has 1 aromatic heterocycles. The number of rotatable bonds is 5. The van der Waals surface area contributed by atoms with E-state index in [0.717, 1.165) is 70.1 Å². The highest BCUT2D eigenvalue weighted by Gasteiger charge is 2.28. The lowest BCUT2D eigenvalue weighted by atomic mass is 9.97. The van der Waals surface area contributed by atoms with Gasteiger partial charge in [0.05, 0.1) is 13.1 Å². The molecule has 0 bridgehead atoms. The lowest BCUT2D eigenvalue weighted by Crippen LogP contribution is -2.44. The zero-order chi connectivity index (χ0) is 19.3. The van der Waals surface area contributed by atoms with Crippen molar-refractivity contribution in [3.8, 4) is 0 Å². The Kier molecular flexibility index (Phi) is 6.62. The summed E-state index contributed by atoms with van der Waals surface area (Å²) in [4.78, 5) is 19.7. The van der Waals surface area contributed by atoms with Crippen molar-refractivity contribution < 1.29 is 4.79 Å². The molecule has 28 heavy (non-hydrogen) atoms. The van der Waals surface area contributed by atoms with Gasteiger partial charge in [0, 0.05) is 32.6 Å². The summed E-state index contributed by atoms with van der Waals surface area (Å²) in [6.07, 6.45) is 9.72. The number of piperidine rings is 1. The fourth-order valence-corrected chi connectivity index (χ4v) is 5.03. The number of likely N-dealkylation sites (tertiary alicyclic amines) is 3. The number of amides is 1. The van der Waals surface area contributed by atoms with E-state index >= 15 is 0 Å². The van der Waals surface area contributed by atoms with Gasteiger partial charge >= 0.3 is 0 Å². The first-order valence-electron chi connectivity index (χ1n) is 11.3. The van der Waals surface area contributed by atoms with E-state index in [1.165, 1.54) is 38.8 Å². The van der Waals surface area contributed by atoms with Gasteiger partial charge in [0.1, 0.15) is 11.6 Å². The van der Waals surface area contributed by atoms with Gasteiger partial charge in [-0.1, -0.05) is 12.8 Å². The molecule has 0 aromatic carbocycles. The van der Waals surface area contributed by atoms with Crippen molar-refractivity contribution in [1.29, 1.82) is 0 Å². The van der Waals surface area contributed by atoms with Crippen LogP contribution in [0.3, 0.4) is 0 Å². The minimum absolute atomic E-state index is 0.315. The van der Waals surface area contributed by atoms with Crippen LogP contribution in [0.2, 0.25) is 0 Å². The molecule has 0 spiro atoms. The molecule has 7 nitrogen and oxygen atoms in total. The van der Waals surface area contributed by atoms with Crippen molar-refractivity contribution in [2.75, 3.05) is 45.8 Å². The van der Waals surface area contributed by atoms with Gasteiger partial charge in [-0.05, 0) is 58.2 Å². The van der Waals surface area contributed by atoms with Gasteiger partial charge in [-0.15, -0.1) is 10.2 Å². The normalized spacial score (nSPS) is 25.2. The Morgan fingerprint density at radius 2 is 1.57 bits per heavy atom. The minimum Gasteiger partial charge on any atom is -0.342 e. The monoisotopic (exact) mass is 388 g/mol. The smallest absolute Gasteiger partial charge is 0.236 e. The molecule has 156 valence electrons. The molecule has 1 atom stereocenters. The van der Waals surface area contributed by atoms with Crippen LogP contribution in [0.4, 0.5) is 0 Å².